The Kier molecular flexibility index (Phi) is 20.5. The van der Waals surface area contributed by atoms with E-state index in [0.717, 1.165) is 33.7 Å². The van der Waals surface area contributed by atoms with Crippen molar-refractivity contribution < 1.29 is 0 Å². The van der Waals surface area contributed by atoms with Crippen molar-refractivity contribution in [2.24, 2.45) is 10.7 Å². The van der Waals surface area contributed by atoms with Gasteiger partial charge in [0, 0.05) is 5.70 Å². The molecule has 0 aromatic rings. The van der Waals surface area contributed by atoms with Gasteiger partial charge in [-0.3, -0.25) is 4.99 Å². The van der Waals surface area contributed by atoms with Crippen molar-refractivity contribution in [1.29, 1.82) is 0 Å². The zero-order valence-electron chi connectivity index (χ0n) is 12.0. The van der Waals surface area contributed by atoms with Gasteiger partial charge in [-0.05, 0) is 44.5 Å². The molecular formula is C14H31N2P. The molecule has 0 heterocycles. The number of nitrogens with zero attached hydrogens (tertiary/aromatic N) is 1. The van der Waals surface area contributed by atoms with E-state index in [0.29, 0.717) is 0 Å². The Labute approximate surface area is 110 Å². The molecule has 0 amide bonds. The molecule has 3 heteroatoms. The smallest absolute Gasteiger partial charge is 0.0399 e. The van der Waals surface area contributed by atoms with E-state index >= 15 is 0 Å². The van der Waals surface area contributed by atoms with Gasteiger partial charge < -0.3 is 5.73 Å². The largest absolute Gasteiger partial charge is 0.330 e. The summed E-state index contributed by atoms with van der Waals surface area (Å²) < 4.78 is 0. The van der Waals surface area contributed by atoms with Crippen LogP contribution in [0.25, 0.3) is 0 Å². The average molecular weight is 258 g/mol. The molecule has 0 aliphatic rings. The number of allylic oxidation sites excluding steroid dienone is 1. The van der Waals surface area contributed by atoms with Gasteiger partial charge in [0.1, 0.15) is 0 Å². The predicted molar refractivity (Wildman–Crippen MR) is 84.6 cm³/mol. The summed E-state index contributed by atoms with van der Waals surface area (Å²) in [5.74, 6) is 2.24. The third-order valence-electron chi connectivity index (χ3n) is 2.28. The molecule has 0 aliphatic heterocycles. The van der Waals surface area contributed by atoms with Crippen LogP contribution in [0, 0.1) is 0 Å². The number of hydrogen-bond donors (Lipinski definition) is 1. The number of unbranched alkanes of at least 4 members (excludes halogenated alkanes) is 3. The summed E-state index contributed by atoms with van der Waals surface area (Å²) in [6.07, 6.45) is 8.72. The molecule has 0 aromatic carbocycles. The molecule has 0 radical (unpaired) electrons. The number of nitrogens with two attached hydrogens (primary N) is 1. The van der Waals surface area contributed by atoms with E-state index in [1.165, 1.54) is 31.8 Å². The van der Waals surface area contributed by atoms with Crippen LogP contribution in [-0.2, 0) is 0 Å². The molecule has 17 heavy (non-hydrogen) atoms. The van der Waals surface area contributed by atoms with Gasteiger partial charge in [0.15, 0.2) is 0 Å². The molecule has 2 N–H and O–H groups in total. The molecule has 0 fully saturated rings. The summed E-state index contributed by atoms with van der Waals surface area (Å²) in [4.78, 5) is 4.02. The van der Waals surface area contributed by atoms with Gasteiger partial charge in [-0.15, -0.1) is 0 Å². The molecular weight excluding hydrogens is 227 g/mol. The van der Waals surface area contributed by atoms with Crippen LogP contribution in [0.1, 0.15) is 59.3 Å². The van der Waals surface area contributed by atoms with E-state index < -0.39 is 0 Å². The van der Waals surface area contributed by atoms with Crippen molar-refractivity contribution in [3.05, 3.63) is 11.5 Å². The average Bonchev–Trinajstić information content (AvgIpc) is 2.39. The first-order chi connectivity index (χ1) is 8.35. The third kappa shape index (κ3) is 15.8. The van der Waals surface area contributed by atoms with Crippen molar-refractivity contribution in [3.63, 3.8) is 0 Å². The summed E-state index contributed by atoms with van der Waals surface area (Å²) in [5.41, 5.74) is 6.59. The molecule has 0 aromatic heterocycles. The zero-order chi connectivity index (χ0) is 13.4. The first-order valence-electron chi connectivity index (χ1n) is 6.94. The highest BCUT2D eigenvalue weighted by Crippen LogP contribution is 2.20. The fourth-order valence-electron chi connectivity index (χ4n) is 1.32. The number of aliphatic imine (C=N–C) groups is 1. The maximum atomic E-state index is 5.45. The van der Waals surface area contributed by atoms with Gasteiger partial charge in [0.2, 0.25) is 0 Å². The summed E-state index contributed by atoms with van der Waals surface area (Å²) in [6, 6.07) is 0. The lowest BCUT2D eigenvalue weighted by atomic mass is 10.2. The van der Waals surface area contributed by atoms with Gasteiger partial charge in [-0.2, -0.15) is 0 Å². The van der Waals surface area contributed by atoms with Gasteiger partial charge in [0.25, 0.3) is 0 Å². The molecule has 0 saturated carbocycles. The first-order valence-corrected chi connectivity index (χ1v) is 8.22. The van der Waals surface area contributed by atoms with Gasteiger partial charge in [-0.25, -0.2) is 0 Å². The van der Waals surface area contributed by atoms with Crippen LogP contribution in [0.15, 0.2) is 16.5 Å². The van der Waals surface area contributed by atoms with Crippen LogP contribution in [0.5, 0.6) is 0 Å². The topological polar surface area (TPSA) is 38.4 Å². The van der Waals surface area contributed by atoms with Crippen LogP contribution in [0.2, 0.25) is 0 Å². The Balaban J connectivity index is 0. The van der Waals surface area contributed by atoms with Gasteiger partial charge >= 0.3 is 0 Å². The summed E-state index contributed by atoms with van der Waals surface area (Å²) in [7, 11) is 0.905. The monoisotopic (exact) mass is 258 g/mol. The van der Waals surface area contributed by atoms with Crippen LogP contribution >= 0.6 is 8.58 Å². The molecule has 1 atom stereocenters. The summed E-state index contributed by atoms with van der Waals surface area (Å²) >= 11 is 0. The standard InChI is InChI=1S/C12H25N2P.C2H6/c1-3-4-5-6-10-15-11-12(14-2)8-7-9-13;1-2/h11,15H,2-10,13H2,1H3;1-2H3/b12-11-;. The van der Waals surface area contributed by atoms with E-state index in [1.54, 1.807) is 0 Å². The Morgan fingerprint density at radius 2 is 1.94 bits per heavy atom. The highest BCUT2D eigenvalue weighted by atomic mass is 31.1. The molecule has 0 spiro atoms. The van der Waals surface area contributed by atoms with Crippen molar-refractivity contribution >= 4 is 15.3 Å². The lowest BCUT2D eigenvalue weighted by Crippen LogP contribution is -1.98. The van der Waals surface area contributed by atoms with Crippen LogP contribution in [0.4, 0.5) is 0 Å². The second-order valence-electron chi connectivity index (χ2n) is 3.70. The first kappa shape index (κ1) is 19.1. The van der Waals surface area contributed by atoms with E-state index in [-0.39, 0.29) is 0 Å². The molecule has 0 rings (SSSR count). The highest BCUT2D eigenvalue weighted by Gasteiger charge is 1.93. The Morgan fingerprint density at radius 1 is 1.24 bits per heavy atom. The molecule has 0 bridgehead atoms. The lowest BCUT2D eigenvalue weighted by Gasteiger charge is -2.00. The Bertz CT molecular complexity index is 179. The maximum Gasteiger partial charge on any atom is 0.0399 e. The minimum absolute atomic E-state index is 0.743. The van der Waals surface area contributed by atoms with E-state index in [2.05, 4.69) is 24.5 Å². The summed E-state index contributed by atoms with van der Waals surface area (Å²) in [5, 5.41) is 0. The normalized spacial score (nSPS) is 11.4. The Hall–Kier alpha value is -0.200. The van der Waals surface area contributed by atoms with E-state index in [9.17, 15) is 0 Å². The van der Waals surface area contributed by atoms with Gasteiger partial charge in [-0.1, -0.05) is 48.6 Å². The molecule has 0 aliphatic carbocycles. The second kappa shape index (κ2) is 18.2. The minimum atomic E-state index is 0.743. The summed E-state index contributed by atoms with van der Waals surface area (Å²) in [6.45, 7) is 10.6. The maximum absolute atomic E-state index is 5.45. The van der Waals surface area contributed by atoms with Crippen molar-refractivity contribution in [1.82, 2.24) is 0 Å². The van der Waals surface area contributed by atoms with Crippen LogP contribution in [0.3, 0.4) is 0 Å². The van der Waals surface area contributed by atoms with Crippen LogP contribution in [-0.4, -0.2) is 19.4 Å². The predicted octanol–water partition coefficient (Wildman–Crippen LogP) is 4.55. The van der Waals surface area contributed by atoms with Crippen molar-refractivity contribution in [2.45, 2.75) is 59.3 Å². The second-order valence-corrected chi connectivity index (χ2v) is 4.90. The molecule has 1 unspecified atom stereocenters. The quantitative estimate of drug-likeness (QED) is 0.348. The fourth-order valence-corrected chi connectivity index (χ4v) is 2.39. The number of hydrogen-bond acceptors (Lipinski definition) is 2. The SMILES string of the molecule is C=N/C(=C\PCCCCCC)CCCN.CC. The van der Waals surface area contributed by atoms with E-state index in [1.807, 2.05) is 13.8 Å². The van der Waals surface area contributed by atoms with Crippen molar-refractivity contribution in [2.75, 3.05) is 12.7 Å². The zero-order valence-corrected chi connectivity index (χ0v) is 13.0. The highest BCUT2D eigenvalue weighted by molar-refractivity contribution is 7.41. The third-order valence-corrected chi connectivity index (χ3v) is 3.46. The van der Waals surface area contributed by atoms with Crippen molar-refractivity contribution in [3.8, 4) is 0 Å². The number of rotatable bonds is 10. The van der Waals surface area contributed by atoms with Crippen LogP contribution < -0.4 is 5.73 Å². The van der Waals surface area contributed by atoms with E-state index in [4.69, 9.17) is 5.73 Å². The fraction of sp³-hybridized carbons (Fsp3) is 0.786. The van der Waals surface area contributed by atoms with Gasteiger partial charge in [0.05, 0.1) is 0 Å². The minimum Gasteiger partial charge on any atom is -0.330 e. The molecule has 2 nitrogen and oxygen atoms in total. The lowest BCUT2D eigenvalue weighted by molar-refractivity contribution is 0.706. The molecule has 102 valence electrons. The Morgan fingerprint density at radius 3 is 2.47 bits per heavy atom. The molecule has 0 saturated heterocycles.